The first kappa shape index (κ1) is 15.7. The van der Waals surface area contributed by atoms with Crippen LogP contribution in [-0.4, -0.2) is 23.5 Å². The smallest absolute Gasteiger partial charge is 0.303 e. The van der Waals surface area contributed by atoms with Crippen molar-refractivity contribution in [3.8, 4) is 0 Å². The zero-order chi connectivity index (χ0) is 14.3. The number of carbonyl (C=O) groups is 2. The molecule has 0 saturated carbocycles. The van der Waals surface area contributed by atoms with Crippen LogP contribution in [0.3, 0.4) is 0 Å². The van der Waals surface area contributed by atoms with Crippen LogP contribution >= 0.6 is 11.3 Å². The fraction of sp³-hybridized carbons (Fsp3) is 0.571. The van der Waals surface area contributed by atoms with Crippen LogP contribution in [-0.2, 0) is 11.2 Å². The Hall–Kier alpha value is -1.36. The van der Waals surface area contributed by atoms with Crippen LogP contribution in [0.25, 0.3) is 0 Å². The topological polar surface area (TPSA) is 66.4 Å². The average Bonchev–Trinajstić information content (AvgIpc) is 2.85. The molecule has 4 nitrogen and oxygen atoms in total. The van der Waals surface area contributed by atoms with Crippen LogP contribution in [0.5, 0.6) is 0 Å². The molecule has 1 aromatic heterocycles. The van der Waals surface area contributed by atoms with Crippen molar-refractivity contribution in [2.75, 3.05) is 6.54 Å². The van der Waals surface area contributed by atoms with E-state index >= 15 is 0 Å². The molecule has 0 saturated heterocycles. The summed E-state index contributed by atoms with van der Waals surface area (Å²) >= 11 is 1.52. The lowest BCUT2D eigenvalue weighted by atomic mass is 10.0. The van der Waals surface area contributed by atoms with Crippen molar-refractivity contribution >= 4 is 23.2 Å². The van der Waals surface area contributed by atoms with E-state index in [1.165, 1.54) is 16.2 Å². The van der Waals surface area contributed by atoms with Gasteiger partial charge in [0.1, 0.15) is 0 Å². The highest BCUT2D eigenvalue weighted by Crippen LogP contribution is 2.16. The van der Waals surface area contributed by atoms with Crippen molar-refractivity contribution in [3.05, 3.63) is 21.9 Å². The van der Waals surface area contributed by atoms with Gasteiger partial charge in [0, 0.05) is 17.8 Å². The quantitative estimate of drug-likeness (QED) is 0.771. The van der Waals surface area contributed by atoms with Crippen molar-refractivity contribution in [2.24, 2.45) is 5.92 Å². The summed E-state index contributed by atoms with van der Waals surface area (Å²) in [5, 5.41) is 11.5. The Balaban J connectivity index is 2.25. The van der Waals surface area contributed by atoms with Gasteiger partial charge in [-0.2, -0.15) is 0 Å². The maximum atomic E-state index is 11.8. The molecule has 0 radical (unpaired) electrons. The van der Waals surface area contributed by atoms with Gasteiger partial charge in [0.05, 0.1) is 4.88 Å². The van der Waals surface area contributed by atoms with E-state index in [0.717, 1.165) is 17.7 Å². The number of rotatable bonds is 8. The SMILES string of the molecule is CCc1ccc(C(=O)NCCC(C)CCC(=O)O)s1. The van der Waals surface area contributed by atoms with E-state index in [0.29, 0.717) is 18.9 Å². The predicted octanol–water partition coefficient (Wildman–Crippen LogP) is 2.93. The molecule has 1 heterocycles. The molecule has 0 aromatic carbocycles. The number of hydrogen-bond donors (Lipinski definition) is 2. The minimum Gasteiger partial charge on any atom is -0.481 e. The van der Waals surface area contributed by atoms with Gasteiger partial charge < -0.3 is 10.4 Å². The molecule has 1 aromatic rings. The number of nitrogens with one attached hydrogen (secondary N) is 1. The molecule has 1 unspecified atom stereocenters. The number of carboxylic acid groups (broad SMARTS) is 1. The lowest BCUT2D eigenvalue weighted by molar-refractivity contribution is -0.137. The fourth-order valence-corrected chi connectivity index (χ4v) is 2.59. The molecule has 1 rings (SSSR count). The van der Waals surface area contributed by atoms with Gasteiger partial charge in [-0.25, -0.2) is 0 Å². The summed E-state index contributed by atoms with van der Waals surface area (Å²) in [4.78, 5) is 24.2. The average molecular weight is 283 g/mol. The Kier molecular flexibility index (Phi) is 6.56. The summed E-state index contributed by atoms with van der Waals surface area (Å²) in [6.07, 6.45) is 2.61. The first-order chi connectivity index (χ1) is 9.02. The summed E-state index contributed by atoms with van der Waals surface area (Å²) in [5.41, 5.74) is 0. The highest BCUT2D eigenvalue weighted by Gasteiger charge is 2.09. The summed E-state index contributed by atoms with van der Waals surface area (Å²) in [6.45, 7) is 4.67. The number of amides is 1. The van der Waals surface area contributed by atoms with E-state index < -0.39 is 5.97 Å². The highest BCUT2D eigenvalue weighted by atomic mass is 32.1. The third-order valence-corrected chi connectivity index (χ3v) is 4.24. The summed E-state index contributed by atoms with van der Waals surface area (Å²) in [6, 6.07) is 3.84. The molecule has 5 heteroatoms. The molecule has 0 fully saturated rings. The van der Waals surface area contributed by atoms with Crippen molar-refractivity contribution in [2.45, 2.75) is 39.5 Å². The van der Waals surface area contributed by atoms with Crippen molar-refractivity contribution in [1.29, 1.82) is 0 Å². The van der Waals surface area contributed by atoms with E-state index in [-0.39, 0.29) is 12.3 Å². The number of hydrogen-bond acceptors (Lipinski definition) is 3. The number of carboxylic acids is 1. The Morgan fingerprint density at radius 2 is 2.11 bits per heavy atom. The highest BCUT2D eigenvalue weighted by molar-refractivity contribution is 7.14. The zero-order valence-electron chi connectivity index (χ0n) is 11.4. The van der Waals surface area contributed by atoms with Crippen molar-refractivity contribution < 1.29 is 14.7 Å². The molecule has 19 heavy (non-hydrogen) atoms. The maximum absolute atomic E-state index is 11.8. The summed E-state index contributed by atoms with van der Waals surface area (Å²) in [7, 11) is 0. The van der Waals surface area contributed by atoms with Gasteiger partial charge in [-0.05, 0) is 37.3 Å². The molecule has 2 N–H and O–H groups in total. The number of thiophene rings is 1. The maximum Gasteiger partial charge on any atom is 0.303 e. The first-order valence-corrected chi connectivity index (χ1v) is 7.43. The van der Waals surface area contributed by atoms with Gasteiger partial charge in [0.25, 0.3) is 5.91 Å². The summed E-state index contributed by atoms with van der Waals surface area (Å²) in [5.74, 6) is -0.484. The number of aryl methyl sites for hydroxylation is 1. The normalized spacial score (nSPS) is 12.1. The zero-order valence-corrected chi connectivity index (χ0v) is 12.3. The number of carbonyl (C=O) groups excluding carboxylic acids is 1. The Morgan fingerprint density at radius 3 is 2.68 bits per heavy atom. The molecule has 0 aliphatic rings. The third-order valence-electron chi connectivity index (χ3n) is 3.01. The largest absolute Gasteiger partial charge is 0.481 e. The van der Waals surface area contributed by atoms with Crippen LogP contribution in [0.4, 0.5) is 0 Å². The van der Waals surface area contributed by atoms with Gasteiger partial charge in [0.2, 0.25) is 0 Å². The Morgan fingerprint density at radius 1 is 1.37 bits per heavy atom. The second kappa shape index (κ2) is 7.94. The van der Waals surface area contributed by atoms with Crippen molar-refractivity contribution in [3.63, 3.8) is 0 Å². The molecular weight excluding hydrogens is 262 g/mol. The second-order valence-corrected chi connectivity index (χ2v) is 5.87. The fourth-order valence-electron chi connectivity index (χ4n) is 1.72. The Bertz CT molecular complexity index is 428. The van der Waals surface area contributed by atoms with E-state index in [4.69, 9.17) is 5.11 Å². The van der Waals surface area contributed by atoms with Crippen LogP contribution in [0.2, 0.25) is 0 Å². The van der Waals surface area contributed by atoms with Gasteiger partial charge in [-0.1, -0.05) is 13.8 Å². The van der Waals surface area contributed by atoms with Crippen LogP contribution in [0.15, 0.2) is 12.1 Å². The summed E-state index contributed by atoms with van der Waals surface area (Å²) < 4.78 is 0. The lowest BCUT2D eigenvalue weighted by Crippen LogP contribution is -2.24. The van der Waals surface area contributed by atoms with Gasteiger partial charge >= 0.3 is 5.97 Å². The van der Waals surface area contributed by atoms with Crippen LogP contribution in [0, 0.1) is 5.92 Å². The Labute approximate surface area is 117 Å². The van der Waals surface area contributed by atoms with Crippen LogP contribution < -0.4 is 5.32 Å². The molecule has 106 valence electrons. The second-order valence-electron chi connectivity index (χ2n) is 4.70. The molecule has 0 aliphatic heterocycles. The molecule has 0 spiro atoms. The van der Waals surface area contributed by atoms with E-state index in [1.807, 2.05) is 19.1 Å². The van der Waals surface area contributed by atoms with Crippen molar-refractivity contribution in [1.82, 2.24) is 5.32 Å². The van der Waals surface area contributed by atoms with Gasteiger partial charge in [0.15, 0.2) is 0 Å². The van der Waals surface area contributed by atoms with Gasteiger partial charge in [-0.3, -0.25) is 9.59 Å². The lowest BCUT2D eigenvalue weighted by Gasteiger charge is -2.10. The number of aliphatic carboxylic acids is 1. The monoisotopic (exact) mass is 283 g/mol. The molecule has 1 amide bonds. The molecule has 1 atom stereocenters. The molecule has 0 aliphatic carbocycles. The minimum atomic E-state index is -0.762. The van der Waals surface area contributed by atoms with E-state index in [1.54, 1.807) is 0 Å². The molecule has 0 bridgehead atoms. The molecular formula is C14H21NO3S. The minimum absolute atomic E-state index is 0.0323. The van der Waals surface area contributed by atoms with E-state index in [2.05, 4.69) is 12.2 Å². The third kappa shape index (κ3) is 5.87. The first-order valence-electron chi connectivity index (χ1n) is 6.61. The standard InChI is InChI=1S/C14H21NO3S/c1-3-11-5-6-12(19-11)14(18)15-9-8-10(2)4-7-13(16)17/h5-6,10H,3-4,7-9H2,1-2H3,(H,15,18)(H,16,17). The predicted molar refractivity (Wildman–Crippen MR) is 76.7 cm³/mol. The van der Waals surface area contributed by atoms with E-state index in [9.17, 15) is 9.59 Å². The van der Waals surface area contributed by atoms with Gasteiger partial charge in [-0.15, -0.1) is 11.3 Å². The van der Waals surface area contributed by atoms with Crippen LogP contribution in [0.1, 0.15) is 47.7 Å².